The molecule has 0 unspecified atom stereocenters. The minimum Gasteiger partial charge on any atom is -0.291 e. The number of carbonyl (C=O) groups excluding carboxylic acids is 1. The highest BCUT2D eigenvalue weighted by Gasteiger charge is 2.13. The zero-order valence-electron chi connectivity index (χ0n) is 7.97. The zero-order valence-corrected chi connectivity index (χ0v) is 9.48. The van der Waals surface area contributed by atoms with Crippen molar-refractivity contribution < 1.29 is 4.79 Å². The predicted octanol–water partition coefficient (Wildman–Crippen LogP) is 3.63. The minimum absolute atomic E-state index is 0.239. The zero-order chi connectivity index (χ0) is 10.6. The molecule has 0 aliphatic carbocycles. The first kappa shape index (κ1) is 11.5. The third-order valence-corrected chi connectivity index (χ3v) is 2.37. The first-order valence-electron chi connectivity index (χ1n) is 4.56. The van der Waals surface area contributed by atoms with Crippen LogP contribution in [-0.4, -0.2) is 10.6 Å². The predicted molar refractivity (Wildman–Crippen MR) is 60.3 cm³/mol. The number of ketones is 1. The van der Waals surface area contributed by atoms with Crippen LogP contribution >= 0.6 is 23.2 Å². The van der Waals surface area contributed by atoms with Gasteiger partial charge < -0.3 is 0 Å². The molecule has 76 valence electrons. The molecule has 0 spiro atoms. The lowest BCUT2D eigenvalue weighted by atomic mass is 10.1. The Balaban J connectivity index is 2.78. The van der Waals surface area contributed by atoms with Gasteiger partial charge in [-0.25, -0.2) is 0 Å². The number of carbonyl (C=O) groups is 1. The van der Waals surface area contributed by atoms with Gasteiger partial charge >= 0.3 is 0 Å². The van der Waals surface area contributed by atoms with Crippen molar-refractivity contribution in [3.63, 3.8) is 0 Å². The van der Waals surface area contributed by atoms with E-state index in [9.17, 15) is 4.79 Å². The van der Waals surface area contributed by atoms with Crippen molar-refractivity contribution in [1.29, 1.82) is 0 Å². The third-order valence-electron chi connectivity index (χ3n) is 1.98. The summed E-state index contributed by atoms with van der Waals surface area (Å²) in [5.74, 6) is -0.239. The number of alkyl halides is 2. The van der Waals surface area contributed by atoms with Gasteiger partial charge in [0.25, 0.3) is 0 Å². The van der Waals surface area contributed by atoms with Crippen molar-refractivity contribution in [2.24, 2.45) is 0 Å². The number of rotatable bonds is 4. The fraction of sp³-hybridized carbons (Fsp3) is 0.364. The maximum absolute atomic E-state index is 11.3. The highest BCUT2D eigenvalue weighted by atomic mass is 35.5. The molecule has 0 saturated carbocycles. The summed E-state index contributed by atoms with van der Waals surface area (Å²) in [6.07, 6.45) is 2.13. The SMILES string of the molecule is CCCc1ccc(C(=O)C(Cl)Cl)cc1. The van der Waals surface area contributed by atoms with Gasteiger partial charge in [0.1, 0.15) is 0 Å². The number of aryl methyl sites for hydroxylation is 1. The molecule has 0 radical (unpaired) electrons. The quantitative estimate of drug-likeness (QED) is 0.571. The first-order chi connectivity index (χ1) is 6.65. The molecule has 1 rings (SSSR count). The van der Waals surface area contributed by atoms with Crippen molar-refractivity contribution in [3.05, 3.63) is 35.4 Å². The summed E-state index contributed by atoms with van der Waals surface area (Å²) in [5.41, 5.74) is 1.80. The van der Waals surface area contributed by atoms with E-state index < -0.39 is 4.84 Å². The standard InChI is InChI=1S/C11H12Cl2O/c1-2-3-8-4-6-9(7-5-8)10(14)11(12)13/h4-7,11H,2-3H2,1H3. The first-order valence-corrected chi connectivity index (χ1v) is 5.43. The van der Waals surface area contributed by atoms with Crippen LogP contribution in [0.3, 0.4) is 0 Å². The average molecular weight is 231 g/mol. The van der Waals surface area contributed by atoms with E-state index in [0.717, 1.165) is 12.8 Å². The molecule has 0 heterocycles. The smallest absolute Gasteiger partial charge is 0.195 e. The molecule has 0 fully saturated rings. The molecule has 0 aromatic heterocycles. The van der Waals surface area contributed by atoms with Crippen molar-refractivity contribution >= 4 is 29.0 Å². The molecule has 3 heteroatoms. The Morgan fingerprint density at radius 1 is 1.29 bits per heavy atom. The Kier molecular flexibility index (Phi) is 4.43. The van der Waals surface area contributed by atoms with E-state index in [4.69, 9.17) is 23.2 Å². The number of halogens is 2. The highest BCUT2D eigenvalue weighted by Crippen LogP contribution is 2.13. The van der Waals surface area contributed by atoms with E-state index in [1.165, 1.54) is 5.56 Å². The number of hydrogen-bond acceptors (Lipinski definition) is 1. The summed E-state index contributed by atoms with van der Waals surface area (Å²) >= 11 is 11.0. The summed E-state index contributed by atoms with van der Waals surface area (Å²) in [6, 6.07) is 7.41. The van der Waals surface area contributed by atoms with E-state index in [2.05, 4.69) is 6.92 Å². The van der Waals surface area contributed by atoms with Crippen LogP contribution in [0.1, 0.15) is 29.3 Å². The van der Waals surface area contributed by atoms with Crippen LogP contribution in [0.15, 0.2) is 24.3 Å². The molecule has 0 amide bonds. The second-order valence-corrected chi connectivity index (χ2v) is 4.21. The Morgan fingerprint density at radius 3 is 2.29 bits per heavy atom. The fourth-order valence-corrected chi connectivity index (χ4v) is 1.50. The second kappa shape index (κ2) is 5.38. The molecular weight excluding hydrogens is 219 g/mol. The largest absolute Gasteiger partial charge is 0.291 e. The molecule has 1 aromatic rings. The van der Waals surface area contributed by atoms with Crippen LogP contribution in [0.25, 0.3) is 0 Å². The van der Waals surface area contributed by atoms with Gasteiger partial charge in [0, 0.05) is 5.56 Å². The monoisotopic (exact) mass is 230 g/mol. The van der Waals surface area contributed by atoms with Gasteiger partial charge in [0.2, 0.25) is 0 Å². The molecule has 0 aliphatic heterocycles. The Morgan fingerprint density at radius 2 is 1.86 bits per heavy atom. The number of benzene rings is 1. The molecule has 0 atom stereocenters. The maximum Gasteiger partial charge on any atom is 0.195 e. The normalized spacial score (nSPS) is 10.6. The Hall–Kier alpha value is -0.530. The van der Waals surface area contributed by atoms with Crippen molar-refractivity contribution in [1.82, 2.24) is 0 Å². The Bertz CT molecular complexity index is 304. The molecule has 14 heavy (non-hydrogen) atoms. The molecular formula is C11H12Cl2O. The summed E-state index contributed by atoms with van der Waals surface area (Å²) in [4.78, 5) is 10.4. The van der Waals surface area contributed by atoms with Gasteiger partial charge in [-0.1, -0.05) is 60.8 Å². The van der Waals surface area contributed by atoms with Gasteiger partial charge in [0.05, 0.1) is 0 Å². The van der Waals surface area contributed by atoms with E-state index >= 15 is 0 Å². The molecule has 0 saturated heterocycles. The van der Waals surface area contributed by atoms with Crippen LogP contribution < -0.4 is 0 Å². The van der Waals surface area contributed by atoms with Crippen molar-refractivity contribution in [2.45, 2.75) is 24.6 Å². The van der Waals surface area contributed by atoms with E-state index in [-0.39, 0.29) is 5.78 Å². The van der Waals surface area contributed by atoms with Crippen molar-refractivity contribution in [3.8, 4) is 0 Å². The summed E-state index contributed by atoms with van der Waals surface area (Å²) in [5, 5.41) is 0. The van der Waals surface area contributed by atoms with Crippen LogP contribution in [0.5, 0.6) is 0 Å². The lowest BCUT2D eigenvalue weighted by Gasteiger charge is -2.02. The lowest BCUT2D eigenvalue weighted by Crippen LogP contribution is -2.07. The summed E-state index contributed by atoms with van der Waals surface area (Å²) in [7, 11) is 0. The molecule has 1 aromatic carbocycles. The molecule has 0 N–H and O–H groups in total. The van der Waals surface area contributed by atoms with Crippen LogP contribution in [0.4, 0.5) is 0 Å². The molecule has 1 nitrogen and oxygen atoms in total. The van der Waals surface area contributed by atoms with Gasteiger partial charge in [-0.15, -0.1) is 0 Å². The second-order valence-electron chi connectivity index (χ2n) is 3.11. The third kappa shape index (κ3) is 3.00. The van der Waals surface area contributed by atoms with E-state index in [1.807, 2.05) is 12.1 Å². The molecule has 0 bridgehead atoms. The Labute approximate surface area is 94.0 Å². The topological polar surface area (TPSA) is 17.1 Å². The van der Waals surface area contributed by atoms with Crippen molar-refractivity contribution in [2.75, 3.05) is 0 Å². The van der Waals surface area contributed by atoms with Gasteiger partial charge in [-0.3, -0.25) is 4.79 Å². The van der Waals surface area contributed by atoms with Crippen LogP contribution in [-0.2, 0) is 6.42 Å². The average Bonchev–Trinajstić information content (AvgIpc) is 2.18. The van der Waals surface area contributed by atoms with Gasteiger partial charge in [-0.05, 0) is 12.0 Å². The summed E-state index contributed by atoms with van der Waals surface area (Å²) < 4.78 is 0. The van der Waals surface area contributed by atoms with E-state index in [1.54, 1.807) is 12.1 Å². The maximum atomic E-state index is 11.3. The van der Waals surface area contributed by atoms with Gasteiger partial charge in [0.15, 0.2) is 10.6 Å². The van der Waals surface area contributed by atoms with Gasteiger partial charge in [-0.2, -0.15) is 0 Å². The lowest BCUT2D eigenvalue weighted by molar-refractivity contribution is 0.101. The minimum atomic E-state index is -0.966. The van der Waals surface area contributed by atoms with E-state index in [0.29, 0.717) is 5.56 Å². The van der Waals surface area contributed by atoms with Crippen LogP contribution in [0, 0.1) is 0 Å². The van der Waals surface area contributed by atoms with Crippen LogP contribution in [0.2, 0.25) is 0 Å². The number of hydrogen-bond donors (Lipinski definition) is 0. The highest BCUT2D eigenvalue weighted by molar-refractivity contribution is 6.55. The fourth-order valence-electron chi connectivity index (χ4n) is 1.25. The number of Topliss-reactive ketones (excluding diaryl/α,β-unsaturated/α-hetero) is 1. The molecule has 0 aliphatic rings. The summed E-state index contributed by atoms with van der Waals surface area (Å²) in [6.45, 7) is 2.12.